The molecule has 1 amide bonds. The lowest BCUT2D eigenvalue weighted by molar-refractivity contribution is 0.0185. The molecule has 0 bridgehead atoms. The van der Waals surface area contributed by atoms with Gasteiger partial charge >= 0.3 is 6.09 Å². The van der Waals surface area contributed by atoms with Crippen molar-refractivity contribution < 1.29 is 14.3 Å². The van der Waals surface area contributed by atoms with Crippen molar-refractivity contribution in [1.82, 2.24) is 4.90 Å². The summed E-state index contributed by atoms with van der Waals surface area (Å²) in [7, 11) is 0. The second kappa shape index (κ2) is 9.88. The number of unbranched alkanes of at least 4 members (excludes halogenated alkanes) is 1. The normalized spacial score (nSPS) is 17.2. The zero-order chi connectivity index (χ0) is 16.4. The van der Waals surface area contributed by atoms with Gasteiger partial charge in [0.1, 0.15) is 5.60 Å². The minimum Gasteiger partial charge on any atom is -0.444 e. The summed E-state index contributed by atoms with van der Waals surface area (Å²) in [5, 5.41) is 0. The van der Waals surface area contributed by atoms with Gasteiger partial charge in [0.25, 0.3) is 0 Å². The minimum absolute atomic E-state index is 0.175. The van der Waals surface area contributed by atoms with Gasteiger partial charge in [-0.05, 0) is 52.4 Å². The molecule has 0 spiro atoms. The lowest BCUT2D eigenvalue weighted by Crippen LogP contribution is -2.41. The summed E-state index contributed by atoms with van der Waals surface area (Å²) in [6.45, 7) is 11.1. The molecule has 0 aromatic rings. The molecular formula is C18H33NO3. The molecule has 1 fully saturated rings. The van der Waals surface area contributed by atoms with Crippen LogP contribution in [0, 0.1) is 5.92 Å². The maximum atomic E-state index is 12.0. The second-order valence-corrected chi connectivity index (χ2v) is 7.05. The van der Waals surface area contributed by atoms with E-state index in [-0.39, 0.29) is 6.09 Å². The fraction of sp³-hybridized carbons (Fsp3) is 0.833. The summed E-state index contributed by atoms with van der Waals surface area (Å²) in [4.78, 5) is 13.8. The third-order valence-electron chi connectivity index (χ3n) is 3.76. The van der Waals surface area contributed by atoms with E-state index >= 15 is 0 Å². The monoisotopic (exact) mass is 311 g/mol. The number of allylic oxidation sites excluding steroid dienone is 1. The van der Waals surface area contributed by atoms with Crippen molar-refractivity contribution in [1.29, 1.82) is 0 Å². The van der Waals surface area contributed by atoms with Gasteiger partial charge in [0.2, 0.25) is 0 Å². The van der Waals surface area contributed by atoms with Gasteiger partial charge in [0, 0.05) is 19.7 Å². The Bertz CT molecular complexity index is 339. The number of piperidine rings is 1. The van der Waals surface area contributed by atoms with E-state index in [4.69, 9.17) is 9.47 Å². The van der Waals surface area contributed by atoms with Crippen LogP contribution in [-0.4, -0.2) is 42.9 Å². The molecule has 1 aliphatic rings. The van der Waals surface area contributed by atoms with Gasteiger partial charge < -0.3 is 14.4 Å². The Hall–Kier alpha value is -1.03. The molecule has 0 N–H and O–H groups in total. The lowest BCUT2D eigenvalue weighted by Gasteiger charge is -2.33. The van der Waals surface area contributed by atoms with Gasteiger partial charge in [-0.3, -0.25) is 0 Å². The summed E-state index contributed by atoms with van der Waals surface area (Å²) in [5.74, 6) is 0.672. The van der Waals surface area contributed by atoms with Crippen LogP contribution in [0.15, 0.2) is 12.2 Å². The van der Waals surface area contributed by atoms with Crippen LogP contribution >= 0.6 is 0 Å². The first kappa shape index (κ1) is 19.0. The number of carbonyl (C=O) groups is 1. The first-order valence-corrected chi connectivity index (χ1v) is 8.63. The van der Waals surface area contributed by atoms with Crippen LogP contribution in [0.25, 0.3) is 0 Å². The SMILES string of the molecule is CCCCOC/C=C\CC1CCN(C(=O)OC(C)(C)C)CC1. The topological polar surface area (TPSA) is 38.8 Å². The minimum atomic E-state index is -0.408. The smallest absolute Gasteiger partial charge is 0.410 e. The third kappa shape index (κ3) is 8.42. The van der Waals surface area contributed by atoms with Crippen LogP contribution in [0.2, 0.25) is 0 Å². The number of hydrogen-bond acceptors (Lipinski definition) is 3. The zero-order valence-corrected chi connectivity index (χ0v) is 14.8. The maximum absolute atomic E-state index is 12.0. The van der Waals surface area contributed by atoms with Crippen LogP contribution in [-0.2, 0) is 9.47 Å². The summed E-state index contributed by atoms with van der Waals surface area (Å²) in [6.07, 6.45) is 9.68. The Morgan fingerprint density at radius 1 is 1.23 bits per heavy atom. The quantitative estimate of drug-likeness (QED) is 0.517. The van der Waals surface area contributed by atoms with Gasteiger partial charge in [-0.2, -0.15) is 0 Å². The average Bonchev–Trinajstić information content (AvgIpc) is 2.45. The van der Waals surface area contributed by atoms with Gasteiger partial charge in [0.05, 0.1) is 6.61 Å². The molecule has 1 heterocycles. The van der Waals surface area contributed by atoms with Gasteiger partial charge in [0.15, 0.2) is 0 Å². The van der Waals surface area contributed by atoms with Crippen LogP contribution in [0.5, 0.6) is 0 Å². The van der Waals surface area contributed by atoms with Crippen molar-refractivity contribution in [3.63, 3.8) is 0 Å². The molecule has 1 saturated heterocycles. The number of likely N-dealkylation sites (tertiary alicyclic amines) is 1. The van der Waals surface area contributed by atoms with Crippen LogP contribution in [0.4, 0.5) is 4.79 Å². The number of ether oxygens (including phenoxy) is 2. The van der Waals surface area contributed by atoms with Gasteiger partial charge in [-0.1, -0.05) is 25.5 Å². The summed E-state index contributed by atoms with van der Waals surface area (Å²) in [6, 6.07) is 0. The van der Waals surface area contributed by atoms with E-state index in [9.17, 15) is 4.79 Å². The van der Waals surface area contributed by atoms with Crippen LogP contribution in [0.1, 0.15) is 59.8 Å². The second-order valence-electron chi connectivity index (χ2n) is 7.05. The highest BCUT2D eigenvalue weighted by molar-refractivity contribution is 5.68. The van der Waals surface area contributed by atoms with Crippen molar-refractivity contribution in [2.45, 2.75) is 65.4 Å². The first-order valence-electron chi connectivity index (χ1n) is 8.63. The van der Waals surface area contributed by atoms with Crippen molar-refractivity contribution in [3.05, 3.63) is 12.2 Å². The molecule has 1 aliphatic heterocycles. The maximum Gasteiger partial charge on any atom is 0.410 e. The van der Waals surface area contributed by atoms with E-state index in [0.29, 0.717) is 5.92 Å². The molecule has 4 heteroatoms. The molecule has 0 unspecified atom stereocenters. The van der Waals surface area contributed by atoms with Crippen molar-refractivity contribution in [2.24, 2.45) is 5.92 Å². The highest BCUT2D eigenvalue weighted by atomic mass is 16.6. The number of rotatable bonds is 7. The molecule has 0 aromatic carbocycles. The van der Waals surface area contributed by atoms with Crippen molar-refractivity contribution in [2.75, 3.05) is 26.3 Å². The third-order valence-corrected chi connectivity index (χ3v) is 3.76. The predicted molar refractivity (Wildman–Crippen MR) is 90.0 cm³/mol. The molecule has 22 heavy (non-hydrogen) atoms. The Labute approximate surface area is 135 Å². The molecule has 0 aromatic heterocycles. The van der Waals surface area contributed by atoms with Gasteiger partial charge in [-0.25, -0.2) is 4.79 Å². The highest BCUT2D eigenvalue weighted by Gasteiger charge is 2.26. The molecule has 0 atom stereocenters. The fourth-order valence-corrected chi connectivity index (χ4v) is 2.43. The Kier molecular flexibility index (Phi) is 8.54. The van der Waals surface area contributed by atoms with Crippen LogP contribution < -0.4 is 0 Å². The number of hydrogen-bond donors (Lipinski definition) is 0. The van der Waals surface area contributed by atoms with Crippen molar-refractivity contribution >= 4 is 6.09 Å². The predicted octanol–water partition coefficient (Wildman–Crippen LogP) is 4.40. The number of nitrogens with zero attached hydrogens (tertiary/aromatic N) is 1. The molecule has 0 radical (unpaired) electrons. The standard InChI is InChI=1S/C18H33NO3/c1-5-6-14-21-15-8-7-9-16-10-12-19(13-11-16)17(20)22-18(2,3)4/h7-8,16H,5-6,9-15H2,1-4H3/b8-7-. The molecular weight excluding hydrogens is 278 g/mol. The highest BCUT2D eigenvalue weighted by Crippen LogP contribution is 2.22. The van der Waals surface area contributed by atoms with E-state index in [1.807, 2.05) is 25.7 Å². The first-order chi connectivity index (χ1) is 10.4. The molecule has 0 saturated carbocycles. The van der Waals surface area contributed by atoms with E-state index in [0.717, 1.165) is 52.0 Å². The van der Waals surface area contributed by atoms with Crippen molar-refractivity contribution in [3.8, 4) is 0 Å². The van der Waals surface area contributed by atoms with E-state index in [2.05, 4.69) is 19.1 Å². The molecule has 0 aliphatic carbocycles. The zero-order valence-electron chi connectivity index (χ0n) is 14.8. The van der Waals surface area contributed by atoms with E-state index in [1.165, 1.54) is 6.42 Å². The Morgan fingerprint density at radius 3 is 2.50 bits per heavy atom. The van der Waals surface area contributed by atoms with Crippen LogP contribution in [0.3, 0.4) is 0 Å². The fourth-order valence-electron chi connectivity index (χ4n) is 2.43. The van der Waals surface area contributed by atoms with E-state index in [1.54, 1.807) is 0 Å². The summed E-state index contributed by atoms with van der Waals surface area (Å²) in [5.41, 5.74) is -0.408. The number of carbonyl (C=O) groups excluding carboxylic acids is 1. The Morgan fingerprint density at radius 2 is 1.91 bits per heavy atom. The van der Waals surface area contributed by atoms with Gasteiger partial charge in [-0.15, -0.1) is 0 Å². The molecule has 128 valence electrons. The molecule has 1 rings (SSSR count). The summed E-state index contributed by atoms with van der Waals surface area (Å²) >= 11 is 0. The largest absolute Gasteiger partial charge is 0.444 e. The molecule has 4 nitrogen and oxygen atoms in total. The average molecular weight is 311 g/mol. The summed E-state index contributed by atoms with van der Waals surface area (Å²) < 4.78 is 10.9. The Balaban J connectivity index is 2.14. The lowest BCUT2D eigenvalue weighted by atomic mass is 9.93. The van der Waals surface area contributed by atoms with E-state index < -0.39 is 5.60 Å². The number of amides is 1.